The lowest BCUT2D eigenvalue weighted by atomic mass is 10.1. The molecule has 1 fully saturated rings. The smallest absolute Gasteiger partial charge is 0.191 e. The van der Waals surface area contributed by atoms with Gasteiger partial charge in [0.2, 0.25) is 0 Å². The first-order chi connectivity index (χ1) is 9.59. The Labute approximate surface area is 142 Å². The van der Waals surface area contributed by atoms with Crippen LogP contribution < -0.4 is 10.6 Å². The number of rotatable bonds is 4. The third-order valence-electron chi connectivity index (χ3n) is 3.35. The van der Waals surface area contributed by atoms with E-state index >= 15 is 0 Å². The minimum Gasteiger partial charge on any atom is -0.467 e. The van der Waals surface area contributed by atoms with Crippen molar-refractivity contribution in [1.29, 1.82) is 0 Å². The van der Waals surface area contributed by atoms with E-state index in [0.29, 0.717) is 24.8 Å². The molecule has 6 nitrogen and oxygen atoms in total. The van der Waals surface area contributed by atoms with Crippen molar-refractivity contribution in [3.8, 4) is 0 Å². The summed E-state index contributed by atoms with van der Waals surface area (Å²) >= 11 is 0. The maximum atomic E-state index is 11.6. The summed E-state index contributed by atoms with van der Waals surface area (Å²) in [5.74, 6) is 2.25. The van der Waals surface area contributed by atoms with E-state index in [1.54, 1.807) is 13.3 Å². The summed E-state index contributed by atoms with van der Waals surface area (Å²) in [6.45, 7) is 1.17. The van der Waals surface area contributed by atoms with Crippen LogP contribution in [0.5, 0.6) is 0 Å². The van der Waals surface area contributed by atoms with Crippen LogP contribution in [0.25, 0.3) is 0 Å². The van der Waals surface area contributed by atoms with E-state index < -0.39 is 9.84 Å². The van der Waals surface area contributed by atoms with Crippen LogP contribution >= 0.6 is 24.0 Å². The minimum atomic E-state index is -2.85. The highest BCUT2D eigenvalue weighted by Crippen LogP contribution is 2.17. The van der Waals surface area contributed by atoms with Crippen LogP contribution in [-0.4, -0.2) is 39.5 Å². The van der Waals surface area contributed by atoms with Gasteiger partial charge in [0.1, 0.15) is 5.76 Å². The van der Waals surface area contributed by atoms with Gasteiger partial charge in [-0.05, 0) is 30.9 Å². The van der Waals surface area contributed by atoms with E-state index in [-0.39, 0.29) is 35.6 Å². The molecule has 0 spiro atoms. The Bertz CT molecular complexity index is 543. The highest BCUT2D eigenvalue weighted by molar-refractivity contribution is 14.0. The van der Waals surface area contributed by atoms with Crippen LogP contribution in [0, 0.1) is 5.92 Å². The summed E-state index contributed by atoms with van der Waals surface area (Å²) < 4.78 is 28.4. The van der Waals surface area contributed by atoms with Crippen LogP contribution in [0.15, 0.2) is 27.8 Å². The van der Waals surface area contributed by atoms with Gasteiger partial charge in [0.25, 0.3) is 0 Å². The number of aliphatic imine (C=N–C) groups is 1. The third kappa shape index (κ3) is 6.25. The lowest BCUT2D eigenvalue weighted by Gasteiger charge is -2.23. The Balaban J connectivity index is 0.00000220. The fourth-order valence-corrected chi connectivity index (χ4v) is 4.10. The Hall–Kier alpha value is -0.770. The van der Waals surface area contributed by atoms with Gasteiger partial charge >= 0.3 is 0 Å². The van der Waals surface area contributed by atoms with Crippen molar-refractivity contribution < 1.29 is 12.8 Å². The van der Waals surface area contributed by atoms with Crippen molar-refractivity contribution in [2.24, 2.45) is 10.9 Å². The summed E-state index contributed by atoms with van der Waals surface area (Å²) in [5, 5.41) is 6.30. The molecule has 1 aliphatic heterocycles. The van der Waals surface area contributed by atoms with Gasteiger partial charge in [0.15, 0.2) is 15.8 Å². The molecule has 0 aliphatic carbocycles. The topological polar surface area (TPSA) is 83.7 Å². The molecule has 1 atom stereocenters. The number of sulfone groups is 1. The molecule has 0 saturated carbocycles. The lowest BCUT2D eigenvalue weighted by molar-refractivity contribution is 0.474. The third-order valence-corrected chi connectivity index (χ3v) is 5.24. The van der Waals surface area contributed by atoms with E-state index in [0.717, 1.165) is 18.6 Å². The highest BCUT2D eigenvalue weighted by Gasteiger charge is 2.24. The number of halogens is 1. The van der Waals surface area contributed by atoms with Gasteiger partial charge in [-0.1, -0.05) is 0 Å². The molecule has 1 aliphatic rings. The maximum Gasteiger partial charge on any atom is 0.191 e. The van der Waals surface area contributed by atoms with Gasteiger partial charge < -0.3 is 15.1 Å². The van der Waals surface area contributed by atoms with E-state index in [1.807, 2.05) is 12.1 Å². The van der Waals surface area contributed by atoms with Crippen molar-refractivity contribution in [3.63, 3.8) is 0 Å². The first kappa shape index (κ1) is 18.3. The molecule has 2 N–H and O–H groups in total. The summed E-state index contributed by atoms with van der Waals surface area (Å²) in [6, 6.07) is 3.72. The number of guanidine groups is 1. The molecule has 1 aromatic heterocycles. The maximum absolute atomic E-state index is 11.6. The van der Waals surface area contributed by atoms with Gasteiger partial charge in [0, 0.05) is 13.6 Å². The zero-order valence-corrected chi connectivity index (χ0v) is 15.2. The van der Waals surface area contributed by atoms with Gasteiger partial charge in [-0.3, -0.25) is 4.99 Å². The Kier molecular flexibility index (Phi) is 7.50. The first-order valence-corrected chi connectivity index (χ1v) is 8.58. The average Bonchev–Trinajstić information content (AvgIpc) is 2.91. The van der Waals surface area contributed by atoms with Gasteiger partial charge in [0.05, 0.1) is 24.3 Å². The number of nitrogens with zero attached hydrogens (tertiary/aromatic N) is 1. The van der Waals surface area contributed by atoms with E-state index in [2.05, 4.69) is 15.6 Å². The Morgan fingerprint density at radius 1 is 1.48 bits per heavy atom. The molecule has 120 valence electrons. The lowest BCUT2D eigenvalue weighted by Crippen LogP contribution is -2.41. The first-order valence-electron chi connectivity index (χ1n) is 6.76. The fourth-order valence-electron chi connectivity index (χ4n) is 2.32. The standard InChI is InChI=1S/C13H21N3O3S.HI/c1-14-13(16-9-12-5-2-6-19-12)15-8-11-4-3-7-20(17,18)10-11;/h2,5-6,11H,3-4,7-10H2,1H3,(H2,14,15,16);1H. The van der Waals surface area contributed by atoms with Crippen LogP contribution in [-0.2, 0) is 16.4 Å². The van der Waals surface area contributed by atoms with Crippen molar-refractivity contribution in [2.75, 3.05) is 25.1 Å². The minimum absolute atomic E-state index is 0. The molecule has 0 amide bonds. The second kappa shape index (κ2) is 8.62. The molecule has 0 aromatic carbocycles. The molecule has 21 heavy (non-hydrogen) atoms. The SMILES string of the molecule is CN=C(NCc1ccco1)NCC1CCCS(=O)(=O)C1.I. The van der Waals surface area contributed by atoms with Gasteiger partial charge in [-0.25, -0.2) is 8.42 Å². The second-order valence-corrected chi connectivity index (χ2v) is 7.24. The van der Waals surface area contributed by atoms with Crippen LogP contribution in [0.3, 0.4) is 0 Å². The zero-order valence-electron chi connectivity index (χ0n) is 12.0. The zero-order chi connectivity index (χ0) is 14.4. The van der Waals surface area contributed by atoms with Crippen LogP contribution in [0.4, 0.5) is 0 Å². The molecule has 1 unspecified atom stereocenters. The quantitative estimate of drug-likeness (QED) is 0.431. The number of nitrogens with one attached hydrogen (secondary N) is 2. The highest BCUT2D eigenvalue weighted by atomic mass is 127. The fraction of sp³-hybridized carbons (Fsp3) is 0.615. The monoisotopic (exact) mass is 427 g/mol. The predicted molar refractivity (Wildman–Crippen MR) is 93.7 cm³/mol. The Morgan fingerprint density at radius 2 is 2.29 bits per heavy atom. The molecule has 1 aromatic rings. The largest absolute Gasteiger partial charge is 0.467 e. The molecule has 2 heterocycles. The second-order valence-electron chi connectivity index (χ2n) is 5.01. The Morgan fingerprint density at radius 3 is 2.90 bits per heavy atom. The van der Waals surface area contributed by atoms with Crippen LogP contribution in [0.1, 0.15) is 18.6 Å². The molecule has 1 saturated heterocycles. The molecule has 2 rings (SSSR count). The molecular weight excluding hydrogens is 405 g/mol. The van der Waals surface area contributed by atoms with Gasteiger partial charge in [-0.2, -0.15) is 0 Å². The summed E-state index contributed by atoms with van der Waals surface area (Å²) in [6.07, 6.45) is 3.33. The van der Waals surface area contributed by atoms with Crippen molar-refractivity contribution in [2.45, 2.75) is 19.4 Å². The number of hydrogen-bond acceptors (Lipinski definition) is 4. The number of furan rings is 1. The van der Waals surface area contributed by atoms with Crippen LogP contribution in [0.2, 0.25) is 0 Å². The van der Waals surface area contributed by atoms with E-state index in [9.17, 15) is 8.42 Å². The van der Waals surface area contributed by atoms with Crippen molar-refractivity contribution in [1.82, 2.24) is 10.6 Å². The van der Waals surface area contributed by atoms with Gasteiger partial charge in [-0.15, -0.1) is 24.0 Å². The van der Waals surface area contributed by atoms with Crippen molar-refractivity contribution in [3.05, 3.63) is 24.2 Å². The molecule has 0 bridgehead atoms. The summed E-state index contributed by atoms with van der Waals surface area (Å²) in [5.41, 5.74) is 0. The summed E-state index contributed by atoms with van der Waals surface area (Å²) in [4.78, 5) is 4.11. The predicted octanol–water partition coefficient (Wildman–Crippen LogP) is 1.39. The van der Waals surface area contributed by atoms with E-state index in [1.165, 1.54) is 0 Å². The number of hydrogen-bond donors (Lipinski definition) is 2. The normalized spacial score (nSPS) is 21.4. The summed E-state index contributed by atoms with van der Waals surface area (Å²) in [7, 11) is -1.16. The average molecular weight is 427 g/mol. The molecule has 0 radical (unpaired) electrons. The van der Waals surface area contributed by atoms with Crippen molar-refractivity contribution >= 4 is 39.8 Å². The van der Waals surface area contributed by atoms with E-state index in [4.69, 9.17) is 4.42 Å². The molecular formula is C13H22IN3O3S. The molecule has 8 heteroatoms.